The van der Waals surface area contributed by atoms with Gasteiger partial charge in [0.1, 0.15) is 5.82 Å². The second-order valence-electron chi connectivity index (χ2n) is 6.84. The van der Waals surface area contributed by atoms with E-state index in [4.69, 9.17) is 4.74 Å². The van der Waals surface area contributed by atoms with Gasteiger partial charge in [0.25, 0.3) is 0 Å². The highest BCUT2D eigenvalue weighted by Gasteiger charge is 2.43. The number of ether oxygens (including phenoxy) is 2. The van der Waals surface area contributed by atoms with Gasteiger partial charge < -0.3 is 14.8 Å². The van der Waals surface area contributed by atoms with Crippen molar-refractivity contribution in [1.29, 1.82) is 0 Å². The number of methoxy groups -OCH3 is 1. The summed E-state index contributed by atoms with van der Waals surface area (Å²) in [5.74, 6) is -3.80. The van der Waals surface area contributed by atoms with Gasteiger partial charge in [-0.05, 0) is 6.07 Å². The molecule has 2 aromatic rings. The number of esters is 2. The van der Waals surface area contributed by atoms with Crippen LogP contribution in [-0.2, 0) is 22.0 Å². The molecule has 0 saturated carbocycles. The molecular weight excluding hydrogens is 381 g/mol. The molecule has 1 N–H and O–H groups in total. The standard InChI is InChI=1S/C17H19F3N4O4/c1-16(2,3)10-8-11(24(4)23-10)21-9-6-7-12(27-5)22-13(9)14(25)28-15(26)17(18,19)20/h6-8,21H,1-5H3. The topological polar surface area (TPSA) is 95.3 Å². The smallest absolute Gasteiger partial charge is 0.481 e. The van der Waals surface area contributed by atoms with E-state index >= 15 is 0 Å². The Kier molecular flexibility index (Phi) is 5.67. The molecule has 2 heterocycles. The Balaban J connectivity index is 2.39. The van der Waals surface area contributed by atoms with Gasteiger partial charge in [0.05, 0.1) is 18.5 Å². The van der Waals surface area contributed by atoms with Gasteiger partial charge >= 0.3 is 18.1 Å². The lowest BCUT2D eigenvalue weighted by Crippen LogP contribution is -2.28. The first-order valence-electron chi connectivity index (χ1n) is 8.03. The molecule has 0 atom stereocenters. The number of carbonyl (C=O) groups is 2. The quantitative estimate of drug-likeness (QED) is 0.622. The second kappa shape index (κ2) is 7.49. The van der Waals surface area contributed by atoms with Crippen LogP contribution in [0.4, 0.5) is 24.7 Å². The van der Waals surface area contributed by atoms with Gasteiger partial charge in [-0.1, -0.05) is 20.8 Å². The van der Waals surface area contributed by atoms with Gasteiger partial charge in [-0.2, -0.15) is 18.3 Å². The van der Waals surface area contributed by atoms with E-state index in [0.717, 1.165) is 5.69 Å². The van der Waals surface area contributed by atoms with E-state index in [1.165, 1.54) is 23.9 Å². The van der Waals surface area contributed by atoms with Crippen LogP contribution in [0.2, 0.25) is 0 Å². The minimum atomic E-state index is -5.31. The Labute approximate surface area is 158 Å². The van der Waals surface area contributed by atoms with Gasteiger partial charge in [0, 0.05) is 24.6 Å². The van der Waals surface area contributed by atoms with Gasteiger partial charge in [-0.15, -0.1) is 0 Å². The predicted molar refractivity (Wildman–Crippen MR) is 92.5 cm³/mol. The molecular formula is C17H19F3N4O4. The van der Waals surface area contributed by atoms with Crippen LogP contribution in [-0.4, -0.2) is 40.0 Å². The zero-order valence-corrected chi connectivity index (χ0v) is 15.8. The highest BCUT2D eigenvalue weighted by atomic mass is 19.4. The molecule has 0 aliphatic carbocycles. The zero-order valence-electron chi connectivity index (χ0n) is 15.8. The molecule has 0 unspecified atom stereocenters. The van der Waals surface area contributed by atoms with E-state index in [9.17, 15) is 22.8 Å². The van der Waals surface area contributed by atoms with E-state index < -0.39 is 23.8 Å². The van der Waals surface area contributed by atoms with Crippen molar-refractivity contribution in [3.8, 4) is 5.88 Å². The third kappa shape index (κ3) is 4.78. The minimum absolute atomic E-state index is 0.0178. The van der Waals surface area contributed by atoms with Crippen LogP contribution in [0.5, 0.6) is 5.88 Å². The number of aromatic nitrogens is 3. The van der Waals surface area contributed by atoms with Crippen molar-refractivity contribution in [1.82, 2.24) is 14.8 Å². The van der Waals surface area contributed by atoms with Crippen LogP contribution < -0.4 is 10.1 Å². The SMILES string of the molecule is COc1ccc(Nc2cc(C(C)(C)C)nn2C)c(C(=O)OC(=O)C(F)(F)F)n1. The predicted octanol–water partition coefficient (Wildman–Crippen LogP) is 3.11. The maximum absolute atomic E-state index is 12.4. The molecule has 0 aromatic carbocycles. The van der Waals surface area contributed by atoms with Gasteiger partial charge in [0.2, 0.25) is 5.88 Å². The number of carbonyl (C=O) groups excluding carboxylic acids is 2. The molecule has 0 radical (unpaired) electrons. The summed E-state index contributed by atoms with van der Waals surface area (Å²) in [5.41, 5.74) is -0.0356. The fraction of sp³-hybridized carbons (Fsp3) is 0.412. The van der Waals surface area contributed by atoms with E-state index in [1.54, 1.807) is 13.1 Å². The summed E-state index contributed by atoms with van der Waals surface area (Å²) in [4.78, 5) is 26.9. The molecule has 152 valence electrons. The molecule has 0 amide bonds. The Morgan fingerprint density at radius 1 is 1.18 bits per heavy atom. The Morgan fingerprint density at radius 3 is 2.32 bits per heavy atom. The van der Waals surface area contributed by atoms with Crippen molar-refractivity contribution in [2.45, 2.75) is 32.4 Å². The number of aryl methyl sites for hydroxylation is 1. The number of rotatable bonds is 4. The number of anilines is 2. The zero-order chi connectivity index (χ0) is 21.3. The van der Waals surface area contributed by atoms with Crippen LogP contribution in [0.25, 0.3) is 0 Å². The maximum atomic E-state index is 12.4. The Hall–Kier alpha value is -3.11. The first-order chi connectivity index (χ1) is 12.8. The number of hydrogen-bond donors (Lipinski definition) is 1. The summed E-state index contributed by atoms with van der Waals surface area (Å²) < 4.78 is 47.4. The molecule has 8 nitrogen and oxygen atoms in total. The van der Waals surface area contributed by atoms with Crippen molar-refractivity contribution in [2.24, 2.45) is 7.05 Å². The second-order valence-corrected chi connectivity index (χ2v) is 6.84. The van der Waals surface area contributed by atoms with Crippen molar-refractivity contribution in [2.75, 3.05) is 12.4 Å². The van der Waals surface area contributed by atoms with Crippen molar-refractivity contribution >= 4 is 23.4 Å². The summed E-state index contributed by atoms with van der Waals surface area (Å²) in [5, 5.41) is 7.22. The summed E-state index contributed by atoms with van der Waals surface area (Å²) in [6.07, 6.45) is -5.31. The fourth-order valence-corrected chi connectivity index (χ4v) is 2.09. The molecule has 2 aromatic heterocycles. The minimum Gasteiger partial charge on any atom is -0.481 e. The normalized spacial score (nSPS) is 11.9. The summed E-state index contributed by atoms with van der Waals surface area (Å²) in [7, 11) is 2.92. The van der Waals surface area contributed by atoms with Crippen molar-refractivity contribution in [3.05, 3.63) is 29.6 Å². The Morgan fingerprint density at radius 2 is 1.82 bits per heavy atom. The molecule has 0 saturated heterocycles. The highest BCUT2D eigenvalue weighted by Crippen LogP contribution is 2.28. The number of halogens is 3. The monoisotopic (exact) mass is 400 g/mol. The van der Waals surface area contributed by atoms with E-state index in [-0.39, 0.29) is 17.0 Å². The van der Waals surface area contributed by atoms with Crippen molar-refractivity contribution in [3.63, 3.8) is 0 Å². The summed E-state index contributed by atoms with van der Waals surface area (Å²) in [6, 6.07) is 4.48. The Bertz CT molecular complexity index is 901. The molecule has 0 aliphatic rings. The first-order valence-corrected chi connectivity index (χ1v) is 8.03. The molecule has 0 bridgehead atoms. The molecule has 0 fully saturated rings. The molecule has 28 heavy (non-hydrogen) atoms. The average Bonchev–Trinajstić information content (AvgIpc) is 2.95. The van der Waals surface area contributed by atoms with Gasteiger partial charge in [0.15, 0.2) is 5.69 Å². The summed E-state index contributed by atoms with van der Waals surface area (Å²) >= 11 is 0. The lowest BCUT2D eigenvalue weighted by molar-refractivity contribution is -0.193. The van der Waals surface area contributed by atoms with Gasteiger partial charge in [-0.3, -0.25) is 4.68 Å². The number of alkyl halides is 3. The maximum Gasteiger partial charge on any atom is 0.491 e. The molecule has 11 heteroatoms. The van der Waals surface area contributed by atoms with E-state index in [1.807, 2.05) is 20.8 Å². The van der Waals surface area contributed by atoms with Crippen LogP contribution in [0, 0.1) is 0 Å². The number of nitrogens with one attached hydrogen (secondary N) is 1. The number of pyridine rings is 1. The fourth-order valence-electron chi connectivity index (χ4n) is 2.09. The largest absolute Gasteiger partial charge is 0.491 e. The lowest BCUT2D eigenvalue weighted by Gasteiger charge is -2.13. The molecule has 2 rings (SSSR count). The number of nitrogens with zero attached hydrogens (tertiary/aromatic N) is 3. The number of hydrogen-bond acceptors (Lipinski definition) is 7. The lowest BCUT2D eigenvalue weighted by atomic mass is 9.92. The third-order valence-electron chi connectivity index (χ3n) is 3.60. The van der Waals surface area contributed by atoms with Crippen LogP contribution in [0.15, 0.2) is 18.2 Å². The van der Waals surface area contributed by atoms with Crippen LogP contribution in [0.1, 0.15) is 37.0 Å². The van der Waals surface area contributed by atoms with Crippen LogP contribution >= 0.6 is 0 Å². The first kappa shape index (κ1) is 21.2. The highest BCUT2D eigenvalue weighted by molar-refractivity contribution is 6.01. The average molecular weight is 400 g/mol. The van der Waals surface area contributed by atoms with Crippen LogP contribution in [0.3, 0.4) is 0 Å². The van der Waals surface area contributed by atoms with Crippen molar-refractivity contribution < 1.29 is 32.2 Å². The summed E-state index contributed by atoms with van der Waals surface area (Å²) in [6.45, 7) is 5.87. The third-order valence-corrected chi connectivity index (χ3v) is 3.60. The van der Waals surface area contributed by atoms with E-state index in [0.29, 0.717) is 5.82 Å². The van der Waals surface area contributed by atoms with Gasteiger partial charge in [-0.25, -0.2) is 14.6 Å². The van der Waals surface area contributed by atoms with E-state index in [2.05, 4.69) is 20.1 Å². The molecule has 0 aliphatic heterocycles. The molecule has 0 spiro atoms.